The quantitative estimate of drug-likeness (QED) is 0.352. The Kier molecular flexibility index (Phi) is 5.02. The fourth-order valence-electron chi connectivity index (χ4n) is 3.10. The van der Waals surface area contributed by atoms with Gasteiger partial charge in [-0.1, -0.05) is 0 Å². The molecule has 0 radical (unpaired) electrons. The number of fused-ring (bicyclic) bond motifs is 1. The summed E-state index contributed by atoms with van der Waals surface area (Å²) in [4.78, 5) is 25.2. The standard InChI is InChI=1S/C23H18O7/c1-13-17(30-23(25)14-6-8-18(26-2)19(11-14)27-3)9-7-16-21(24)20(29-22(13)16)12-15-5-4-10-28-15/h4-12H,1-3H3/b20-12+. The number of Topliss-reactive ketones (excluding diaryl/α,β-unsaturated/α-hetero) is 1. The molecule has 1 aliphatic heterocycles. The van der Waals surface area contributed by atoms with Crippen molar-refractivity contribution in [3.63, 3.8) is 0 Å². The normalized spacial score (nSPS) is 13.7. The molecule has 0 unspecified atom stereocenters. The highest BCUT2D eigenvalue weighted by atomic mass is 16.5. The third-order valence-corrected chi connectivity index (χ3v) is 4.68. The van der Waals surface area contributed by atoms with Crippen LogP contribution in [0.4, 0.5) is 0 Å². The fraction of sp³-hybridized carbons (Fsp3) is 0.130. The molecule has 1 aliphatic rings. The molecule has 0 aliphatic carbocycles. The number of methoxy groups -OCH3 is 2. The molecular weight excluding hydrogens is 388 g/mol. The fourth-order valence-corrected chi connectivity index (χ4v) is 3.10. The molecule has 4 rings (SSSR count). The number of rotatable bonds is 5. The summed E-state index contributed by atoms with van der Waals surface area (Å²) in [6.07, 6.45) is 3.03. The van der Waals surface area contributed by atoms with E-state index in [0.717, 1.165) is 0 Å². The van der Waals surface area contributed by atoms with Crippen LogP contribution in [0.15, 0.2) is 58.9 Å². The van der Waals surface area contributed by atoms with Crippen LogP contribution in [-0.4, -0.2) is 26.0 Å². The Hall–Kier alpha value is -4.00. The van der Waals surface area contributed by atoms with Gasteiger partial charge in [-0.25, -0.2) is 4.79 Å². The van der Waals surface area contributed by atoms with Crippen LogP contribution in [0.3, 0.4) is 0 Å². The second-order valence-electron chi connectivity index (χ2n) is 6.48. The SMILES string of the molecule is COc1ccc(C(=O)Oc2ccc3c(c2C)O/C(=C/c2ccco2)C3=O)cc1OC. The van der Waals surface area contributed by atoms with Crippen LogP contribution >= 0.6 is 0 Å². The molecule has 2 aromatic carbocycles. The number of allylic oxidation sites excluding steroid dienone is 1. The molecule has 152 valence electrons. The van der Waals surface area contributed by atoms with E-state index in [1.54, 1.807) is 43.3 Å². The summed E-state index contributed by atoms with van der Waals surface area (Å²) < 4.78 is 26.9. The maximum atomic E-state index is 12.6. The molecule has 0 saturated heterocycles. The Morgan fingerprint density at radius 2 is 1.77 bits per heavy atom. The van der Waals surface area contributed by atoms with Crippen molar-refractivity contribution in [1.82, 2.24) is 0 Å². The average molecular weight is 406 g/mol. The van der Waals surface area contributed by atoms with Gasteiger partial charge in [-0.2, -0.15) is 0 Å². The number of hydrogen-bond acceptors (Lipinski definition) is 7. The molecular formula is C23H18O7. The zero-order valence-corrected chi connectivity index (χ0v) is 16.6. The van der Waals surface area contributed by atoms with E-state index in [1.807, 2.05) is 0 Å². The number of ether oxygens (including phenoxy) is 4. The van der Waals surface area contributed by atoms with E-state index in [-0.39, 0.29) is 11.5 Å². The highest BCUT2D eigenvalue weighted by molar-refractivity contribution is 6.14. The van der Waals surface area contributed by atoms with Gasteiger partial charge in [0.1, 0.15) is 17.3 Å². The lowest BCUT2D eigenvalue weighted by atomic mass is 10.1. The summed E-state index contributed by atoms with van der Waals surface area (Å²) in [6, 6.07) is 11.3. The van der Waals surface area contributed by atoms with E-state index in [2.05, 4.69) is 0 Å². The predicted octanol–water partition coefficient (Wildman–Crippen LogP) is 4.44. The molecule has 2 heterocycles. The molecule has 0 bridgehead atoms. The number of carbonyl (C=O) groups is 2. The summed E-state index contributed by atoms with van der Waals surface area (Å²) in [5.74, 6) is 1.38. The average Bonchev–Trinajstić information content (AvgIpc) is 3.38. The zero-order valence-electron chi connectivity index (χ0n) is 16.6. The Labute approximate surface area is 172 Å². The van der Waals surface area contributed by atoms with Crippen LogP contribution in [0.25, 0.3) is 6.08 Å². The summed E-state index contributed by atoms with van der Waals surface area (Å²) in [7, 11) is 3.00. The van der Waals surface area contributed by atoms with E-state index in [4.69, 9.17) is 23.4 Å². The Morgan fingerprint density at radius 3 is 2.47 bits per heavy atom. The first-order chi connectivity index (χ1) is 14.5. The van der Waals surface area contributed by atoms with Crippen molar-refractivity contribution in [2.45, 2.75) is 6.92 Å². The Bertz CT molecular complexity index is 1160. The van der Waals surface area contributed by atoms with Crippen molar-refractivity contribution in [1.29, 1.82) is 0 Å². The lowest BCUT2D eigenvalue weighted by Gasteiger charge is -2.12. The number of benzene rings is 2. The van der Waals surface area contributed by atoms with Crippen LogP contribution < -0.4 is 18.9 Å². The molecule has 0 N–H and O–H groups in total. The van der Waals surface area contributed by atoms with E-state index >= 15 is 0 Å². The smallest absolute Gasteiger partial charge is 0.343 e. The minimum atomic E-state index is -0.574. The highest BCUT2D eigenvalue weighted by Gasteiger charge is 2.31. The molecule has 0 fully saturated rings. The minimum absolute atomic E-state index is 0.145. The number of furan rings is 1. The molecule has 7 nitrogen and oxygen atoms in total. The van der Waals surface area contributed by atoms with Gasteiger partial charge in [0.25, 0.3) is 0 Å². The lowest BCUT2D eigenvalue weighted by molar-refractivity contribution is 0.0732. The Balaban J connectivity index is 1.60. The first-order valence-corrected chi connectivity index (χ1v) is 9.07. The van der Waals surface area contributed by atoms with E-state index in [1.165, 1.54) is 32.6 Å². The molecule has 0 amide bonds. The van der Waals surface area contributed by atoms with Gasteiger partial charge in [0, 0.05) is 11.6 Å². The molecule has 0 spiro atoms. The number of ketones is 1. The summed E-state index contributed by atoms with van der Waals surface area (Å²) >= 11 is 0. The van der Waals surface area contributed by atoms with E-state index in [9.17, 15) is 9.59 Å². The summed E-state index contributed by atoms with van der Waals surface area (Å²) in [5.41, 5.74) is 1.23. The Morgan fingerprint density at radius 1 is 1.00 bits per heavy atom. The maximum absolute atomic E-state index is 12.6. The third-order valence-electron chi connectivity index (χ3n) is 4.68. The van der Waals surface area contributed by atoms with Crippen LogP contribution in [0.1, 0.15) is 32.0 Å². The largest absolute Gasteiger partial charge is 0.493 e. The van der Waals surface area contributed by atoms with Gasteiger partial charge in [0.2, 0.25) is 5.78 Å². The molecule has 0 atom stereocenters. The molecule has 3 aromatic rings. The third kappa shape index (κ3) is 3.41. The first-order valence-electron chi connectivity index (χ1n) is 9.07. The van der Waals surface area contributed by atoms with Gasteiger partial charge < -0.3 is 23.4 Å². The number of esters is 1. The first kappa shape index (κ1) is 19.3. The van der Waals surface area contributed by atoms with Crippen molar-refractivity contribution in [3.8, 4) is 23.0 Å². The topological polar surface area (TPSA) is 84.2 Å². The van der Waals surface area contributed by atoms with Crippen LogP contribution in [0, 0.1) is 6.92 Å². The molecule has 1 aromatic heterocycles. The van der Waals surface area contributed by atoms with Crippen molar-refractivity contribution >= 4 is 17.8 Å². The van der Waals surface area contributed by atoms with Gasteiger partial charge in [-0.15, -0.1) is 0 Å². The van der Waals surface area contributed by atoms with Crippen molar-refractivity contribution in [2.75, 3.05) is 14.2 Å². The second kappa shape index (κ2) is 7.79. The summed E-state index contributed by atoms with van der Waals surface area (Å²) in [5, 5.41) is 0. The van der Waals surface area contributed by atoms with E-state index < -0.39 is 5.97 Å². The minimum Gasteiger partial charge on any atom is -0.493 e. The maximum Gasteiger partial charge on any atom is 0.343 e. The van der Waals surface area contributed by atoms with Gasteiger partial charge in [-0.3, -0.25) is 4.79 Å². The number of hydrogen-bond donors (Lipinski definition) is 0. The van der Waals surface area contributed by atoms with E-state index in [0.29, 0.717) is 45.4 Å². The monoisotopic (exact) mass is 406 g/mol. The second-order valence-corrected chi connectivity index (χ2v) is 6.48. The van der Waals surface area contributed by atoms with Gasteiger partial charge in [0.15, 0.2) is 17.3 Å². The van der Waals surface area contributed by atoms with Crippen molar-refractivity contribution in [2.24, 2.45) is 0 Å². The zero-order chi connectivity index (χ0) is 21.3. The van der Waals surface area contributed by atoms with Crippen LogP contribution in [-0.2, 0) is 0 Å². The van der Waals surface area contributed by atoms with Crippen LogP contribution in [0.2, 0.25) is 0 Å². The van der Waals surface area contributed by atoms with Gasteiger partial charge in [-0.05, 0) is 49.4 Å². The molecule has 0 saturated carbocycles. The summed E-state index contributed by atoms with van der Waals surface area (Å²) in [6.45, 7) is 1.72. The highest BCUT2D eigenvalue weighted by Crippen LogP contribution is 2.39. The van der Waals surface area contributed by atoms with Gasteiger partial charge >= 0.3 is 5.97 Å². The van der Waals surface area contributed by atoms with Gasteiger partial charge in [0.05, 0.1) is 31.6 Å². The lowest BCUT2D eigenvalue weighted by Crippen LogP contribution is -2.10. The van der Waals surface area contributed by atoms with Crippen LogP contribution in [0.5, 0.6) is 23.0 Å². The van der Waals surface area contributed by atoms with Crippen molar-refractivity contribution < 1.29 is 33.0 Å². The number of carbonyl (C=O) groups excluding carboxylic acids is 2. The molecule has 30 heavy (non-hydrogen) atoms. The predicted molar refractivity (Wildman–Crippen MR) is 107 cm³/mol. The molecule has 7 heteroatoms. The van der Waals surface area contributed by atoms with Crippen molar-refractivity contribution in [3.05, 3.63) is 76.9 Å².